The van der Waals surface area contributed by atoms with Crippen LogP contribution < -0.4 is 15.4 Å². The molecule has 1 amide bonds. The molecule has 0 aromatic heterocycles. The van der Waals surface area contributed by atoms with E-state index in [2.05, 4.69) is 15.5 Å². The van der Waals surface area contributed by atoms with E-state index in [-0.39, 0.29) is 36.6 Å². The lowest BCUT2D eigenvalue weighted by atomic mass is 10.1. The van der Waals surface area contributed by atoms with Gasteiger partial charge < -0.3 is 20.3 Å². The number of anilines is 1. The molecule has 0 aliphatic carbocycles. The summed E-state index contributed by atoms with van der Waals surface area (Å²) in [5, 5.41) is 6.21. The zero-order chi connectivity index (χ0) is 15.2. The number of benzene rings is 1. The van der Waals surface area contributed by atoms with Crippen molar-refractivity contribution in [3.8, 4) is 5.75 Å². The third-order valence-electron chi connectivity index (χ3n) is 3.62. The standard InChI is InChI=1S/C16H25N3O2.2ClH/c1-12-4-5-14(15(10-12)21-9-8-19(2)3)18-16(20)13-6-7-17-11-13;;/h4-5,10,13,17H,6-9,11H2,1-3H3,(H,18,20);2*1H. The summed E-state index contributed by atoms with van der Waals surface area (Å²) in [6.45, 7) is 5.14. The summed E-state index contributed by atoms with van der Waals surface area (Å²) in [5.74, 6) is 0.874. The van der Waals surface area contributed by atoms with Crippen LogP contribution in [0.25, 0.3) is 0 Å². The van der Waals surface area contributed by atoms with Crippen LogP contribution in [0.5, 0.6) is 5.75 Å². The SMILES string of the molecule is Cc1ccc(NC(=O)C2CCNC2)c(OCCN(C)C)c1.Cl.Cl. The predicted octanol–water partition coefficient (Wildman–Crippen LogP) is 2.33. The van der Waals surface area contributed by atoms with E-state index in [9.17, 15) is 4.79 Å². The molecular formula is C16H27Cl2N3O2. The second kappa shape index (κ2) is 10.7. The Morgan fingerprint density at radius 3 is 2.74 bits per heavy atom. The average Bonchev–Trinajstić information content (AvgIpc) is 2.95. The number of halogens is 2. The van der Waals surface area contributed by atoms with E-state index in [4.69, 9.17) is 4.74 Å². The Hall–Kier alpha value is -1.01. The zero-order valence-corrected chi connectivity index (χ0v) is 15.6. The lowest BCUT2D eigenvalue weighted by Crippen LogP contribution is -2.25. The summed E-state index contributed by atoms with van der Waals surface area (Å²) in [6.07, 6.45) is 0.897. The third kappa shape index (κ3) is 6.96. The second-order valence-corrected chi connectivity index (χ2v) is 5.83. The zero-order valence-electron chi connectivity index (χ0n) is 13.9. The minimum Gasteiger partial charge on any atom is -0.490 e. The Morgan fingerprint density at radius 1 is 1.39 bits per heavy atom. The molecule has 132 valence electrons. The van der Waals surface area contributed by atoms with Crippen molar-refractivity contribution in [1.82, 2.24) is 10.2 Å². The van der Waals surface area contributed by atoms with Crippen LogP contribution in [0.2, 0.25) is 0 Å². The number of nitrogens with zero attached hydrogens (tertiary/aromatic N) is 1. The Bertz CT molecular complexity index is 492. The summed E-state index contributed by atoms with van der Waals surface area (Å²) in [5.41, 5.74) is 1.88. The summed E-state index contributed by atoms with van der Waals surface area (Å²) in [4.78, 5) is 14.3. The van der Waals surface area contributed by atoms with Crippen molar-refractivity contribution in [2.75, 3.05) is 45.7 Å². The molecule has 23 heavy (non-hydrogen) atoms. The Kier molecular flexibility index (Phi) is 10.2. The molecule has 0 spiro atoms. The molecule has 1 aromatic carbocycles. The summed E-state index contributed by atoms with van der Waals surface area (Å²) < 4.78 is 5.82. The molecule has 1 aromatic rings. The molecule has 1 aliphatic rings. The van der Waals surface area contributed by atoms with Crippen molar-refractivity contribution in [2.45, 2.75) is 13.3 Å². The van der Waals surface area contributed by atoms with Crippen molar-refractivity contribution in [1.29, 1.82) is 0 Å². The maximum absolute atomic E-state index is 12.2. The first kappa shape index (κ1) is 22.0. The van der Waals surface area contributed by atoms with Crippen LogP contribution in [0.3, 0.4) is 0 Å². The molecular weight excluding hydrogens is 337 g/mol. The monoisotopic (exact) mass is 363 g/mol. The van der Waals surface area contributed by atoms with E-state index in [0.29, 0.717) is 6.61 Å². The van der Waals surface area contributed by atoms with Crippen LogP contribution in [-0.2, 0) is 4.79 Å². The number of likely N-dealkylation sites (N-methyl/N-ethyl adjacent to an activating group) is 1. The molecule has 1 fully saturated rings. The lowest BCUT2D eigenvalue weighted by molar-refractivity contribution is -0.119. The van der Waals surface area contributed by atoms with E-state index in [1.54, 1.807) is 0 Å². The fraction of sp³-hybridized carbons (Fsp3) is 0.562. The van der Waals surface area contributed by atoms with E-state index < -0.39 is 0 Å². The smallest absolute Gasteiger partial charge is 0.228 e. The molecule has 7 heteroatoms. The van der Waals surface area contributed by atoms with Crippen molar-refractivity contribution in [3.05, 3.63) is 23.8 Å². The van der Waals surface area contributed by atoms with Crippen LogP contribution in [0, 0.1) is 12.8 Å². The fourth-order valence-electron chi connectivity index (χ4n) is 2.30. The van der Waals surface area contributed by atoms with Gasteiger partial charge in [-0.2, -0.15) is 0 Å². The number of aryl methyl sites for hydroxylation is 1. The minimum absolute atomic E-state index is 0. The lowest BCUT2D eigenvalue weighted by Gasteiger charge is -2.16. The number of hydrogen-bond donors (Lipinski definition) is 2. The molecule has 1 aliphatic heterocycles. The van der Waals surface area contributed by atoms with E-state index in [1.165, 1.54) is 0 Å². The number of amides is 1. The van der Waals surface area contributed by atoms with Gasteiger partial charge >= 0.3 is 0 Å². The highest BCUT2D eigenvalue weighted by Gasteiger charge is 2.23. The number of rotatable bonds is 6. The first-order chi connectivity index (χ1) is 10.1. The summed E-state index contributed by atoms with van der Waals surface area (Å²) >= 11 is 0. The number of ether oxygens (including phenoxy) is 1. The highest BCUT2D eigenvalue weighted by Crippen LogP contribution is 2.26. The van der Waals surface area contributed by atoms with Gasteiger partial charge in [-0.05, 0) is 51.7 Å². The van der Waals surface area contributed by atoms with E-state index in [1.807, 2.05) is 39.2 Å². The van der Waals surface area contributed by atoms with Gasteiger partial charge in [-0.1, -0.05) is 6.07 Å². The number of hydrogen-bond acceptors (Lipinski definition) is 4. The number of nitrogens with one attached hydrogen (secondary N) is 2. The van der Waals surface area contributed by atoms with Crippen LogP contribution in [0.4, 0.5) is 5.69 Å². The van der Waals surface area contributed by atoms with Gasteiger partial charge in [0.1, 0.15) is 12.4 Å². The van der Waals surface area contributed by atoms with Crippen LogP contribution in [0.15, 0.2) is 18.2 Å². The van der Waals surface area contributed by atoms with Gasteiger partial charge in [-0.15, -0.1) is 24.8 Å². The van der Waals surface area contributed by atoms with Crippen molar-refractivity contribution >= 4 is 36.4 Å². The molecule has 1 unspecified atom stereocenters. The van der Waals surface area contributed by atoms with Crippen LogP contribution in [0.1, 0.15) is 12.0 Å². The van der Waals surface area contributed by atoms with Gasteiger partial charge in [-0.25, -0.2) is 0 Å². The number of carbonyl (C=O) groups is 1. The predicted molar refractivity (Wildman–Crippen MR) is 99.3 cm³/mol. The second-order valence-electron chi connectivity index (χ2n) is 5.83. The maximum atomic E-state index is 12.2. The largest absolute Gasteiger partial charge is 0.490 e. The highest BCUT2D eigenvalue weighted by atomic mass is 35.5. The maximum Gasteiger partial charge on any atom is 0.228 e. The Labute approximate surface area is 151 Å². The number of carbonyl (C=O) groups excluding carboxylic acids is 1. The van der Waals surface area contributed by atoms with Crippen molar-refractivity contribution in [3.63, 3.8) is 0 Å². The first-order valence-corrected chi connectivity index (χ1v) is 7.46. The molecule has 1 heterocycles. The first-order valence-electron chi connectivity index (χ1n) is 7.46. The molecule has 5 nitrogen and oxygen atoms in total. The van der Waals surface area contributed by atoms with Crippen molar-refractivity contribution < 1.29 is 9.53 Å². The fourth-order valence-corrected chi connectivity index (χ4v) is 2.30. The normalized spacial score (nSPS) is 16.4. The van der Waals surface area contributed by atoms with Gasteiger partial charge in [0.05, 0.1) is 11.6 Å². The Morgan fingerprint density at radius 2 is 2.13 bits per heavy atom. The van der Waals surface area contributed by atoms with Crippen molar-refractivity contribution in [2.24, 2.45) is 5.92 Å². The molecule has 1 saturated heterocycles. The molecule has 2 rings (SSSR count). The van der Waals surface area contributed by atoms with E-state index in [0.717, 1.165) is 43.1 Å². The van der Waals surface area contributed by atoms with Crippen LogP contribution >= 0.6 is 24.8 Å². The van der Waals surface area contributed by atoms with Gasteiger partial charge in [0, 0.05) is 13.1 Å². The molecule has 2 N–H and O–H groups in total. The molecule has 0 radical (unpaired) electrons. The summed E-state index contributed by atoms with van der Waals surface area (Å²) in [7, 11) is 4.02. The third-order valence-corrected chi connectivity index (χ3v) is 3.62. The van der Waals surface area contributed by atoms with Gasteiger partial charge in [0.15, 0.2) is 0 Å². The molecule has 0 bridgehead atoms. The van der Waals surface area contributed by atoms with Gasteiger partial charge in [-0.3, -0.25) is 4.79 Å². The Balaban J connectivity index is 0.00000242. The minimum atomic E-state index is 0. The topological polar surface area (TPSA) is 53.6 Å². The average molecular weight is 364 g/mol. The quantitative estimate of drug-likeness (QED) is 0.814. The highest BCUT2D eigenvalue weighted by molar-refractivity contribution is 5.94. The molecule has 0 saturated carbocycles. The van der Waals surface area contributed by atoms with E-state index >= 15 is 0 Å². The van der Waals surface area contributed by atoms with Crippen LogP contribution in [-0.4, -0.2) is 51.1 Å². The summed E-state index contributed by atoms with van der Waals surface area (Å²) in [6, 6.07) is 5.88. The molecule has 1 atom stereocenters. The van der Waals surface area contributed by atoms with Gasteiger partial charge in [0.2, 0.25) is 5.91 Å². The van der Waals surface area contributed by atoms with Gasteiger partial charge in [0.25, 0.3) is 0 Å².